The summed E-state index contributed by atoms with van der Waals surface area (Å²) >= 11 is 0. The zero-order valence-electron chi connectivity index (χ0n) is 33.6. The van der Waals surface area contributed by atoms with Crippen LogP contribution in [0, 0.1) is 0 Å². The third-order valence-corrected chi connectivity index (χ3v) is 8.20. The van der Waals surface area contributed by atoms with Gasteiger partial charge in [0.2, 0.25) is 5.91 Å². The topological polar surface area (TPSA) is 168 Å². The molecule has 0 unspecified atom stereocenters. The molecule has 3 amide bonds. The molecule has 0 radical (unpaired) electrons. The lowest BCUT2D eigenvalue weighted by molar-refractivity contribution is -0.173. The molecule has 310 valence electrons. The average Bonchev–Trinajstić information content (AvgIpc) is 3.19. The van der Waals surface area contributed by atoms with E-state index in [2.05, 4.69) is 10.6 Å². The fourth-order valence-electron chi connectivity index (χ4n) is 5.52. The standard InChI is InChI=1S/C43H57N3O11/c1-6-52-38(53-7-2)28-46(39(48)35(45-42(51)57-43(3,4)5)27-37(47)54-29-32-19-11-8-12-20-32)36(40(49)55-30-33-21-13-9-14-22-33)25-17-18-26-44-41(50)56-31-34-23-15-10-16-24-34/h8-16,19-24,35-36,38H,6-7,17-18,25-31H2,1-5H3,(H,44,50)(H,45,51)/t35-,36+/m0/s1. The van der Waals surface area contributed by atoms with Crippen molar-refractivity contribution < 1.29 is 52.4 Å². The van der Waals surface area contributed by atoms with Crippen molar-refractivity contribution in [2.24, 2.45) is 0 Å². The monoisotopic (exact) mass is 791 g/mol. The zero-order chi connectivity index (χ0) is 41.5. The molecule has 3 aromatic carbocycles. The number of benzene rings is 3. The van der Waals surface area contributed by atoms with E-state index in [9.17, 15) is 24.0 Å². The molecule has 2 N–H and O–H groups in total. The fourth-order valence-corrected chi connectivity index (χ4v) is 5.52. The van der Waals surface area contributed by atoms with Crippen LogP contribution in [0.1, 0.15) is 77.0 Å². The summed E-state index contributed by atoms with van der Waals surface area (Å²) in [5.74, 6) is -2.28. The minimum Gasteiger partial charge on any atom is -0.461 e. The van der Waals surface area contributed by atoms with Crippen LogP contribution in [0.2, 0.25) is 0 Å². The number of amides is 3. The van der Waals surface area contributed by atoms with Gasteiger partial charge in [-0.1, -0.05) is 91.0 Å². The maximum Gasteiger partial charge on any atom is 0.408 e. The fraction of sp³-hybridized carbons (Fsp3) is 0.465. The smallest absolute Gasteiger partial charge is 0.408 e. The largest absolute Gasteiger partial charge is 0.461 e. The van der Waals surface area contributed by atoms with Gasteiger partial charge in [-0.3, -0.25) is 9.59 Å². The molecular formula is C43H57N3O11. The lowest BCUT2D eigenvalue weighted by Crippen LogP contribution is -2.57. The van der Waals surface area contributed by atoms with Crippen LogP contribution in [0.25, 0.3) is 0 Å². The first-order chi connectivity index (χ1) is 27.4. The first kappa shape index (κ1) is 45.9. The van der Waals surface area contributed by atoms with Crippen LogP contribution in [0.5, 0.6) is 0 Å². The van der Waals surface area contributed by atoms with Crippen molar-refractivity contribution in [1.29, 1.82) is 0 Å². The highest BCUT2D eigenvalue weighted by molar-refractivity contribution is 5.92. The van der Waals surface area contributed by atoms with E-state index in [0.717, 1.165) is 16.7 Å². The Hall–Kier alpha value is -5.47. The molecule has 0 heterocycles. The Morgan fingerprint density at radius 2 is 1.18 bits per heavy atom. The summed E-state index contributed by atoms with van der Waals surface area (Å²) in [5, 5.41) is 5.25. The molecule has 0 saturated carbocycles. The quantitative estimate of drug-likeness (QED) is 0.0469. The number of esters is 2. The molecule has 14 nitrogen and oxygen atoms in total. The van der Waals surface area contributed by atoms with Crippen LogP contribution in [0.15, 0.2) is 91.0 Å². The minimum absolute atomic E-state index is 0.0598. The average molecular weight is 792 g/mol. The van der Waals surface area contributed by atoms with Gasteiger partial charge in [0.05, 0.1) is 13.0 Å². The van der Waals surface area contributed by atoms with Gasteiger partial charge in [-0.15, -0.1) is 0 Å². The molecule has 57 heavy (non-hydrogen) atoms. The number of ether oxygens (including phenoxy) is 6. The van der Waals surface area contributed by atoms with E-state index in [4.69, 9.17) is 28.4 Å². The molecule has 14 heteroatoms. The van der Waals surface area contributed by atoms with Gasteiger partial charge in [0, 0.05) is 19.8 Å². The predicted molar refractivity (Wildman–Crippen MR) is 211 cm³/mol. The Labute approximate surface area is 335 Å². The summed E-state index contributed by atoms with van der Waals surface area (Å²) in [4.78, 5) is 68.8. The van der Waals surface area contributed by atoms with Gasteiger partial charge in [0.1, 0.15) is 37.5 Å². The lowest BCUT2D eigenvalue weighted by Gasteiger charge is -2.35. The van der Waals surface area contributed by atoms with Gasteiger partial charge in [-0.05, 0) is 70.6 Å². The third kappa shape index (κ3) is 18.4. The number of carbonyl (C=O) groups excluding carboxylic acids is 5. The van der Waals surface area contributed by atoms with Crippen molar-refractivity contribution in [3.8, 4) is 0 Å². The van der Waals surface area contributed by atoms with Gasteiger partial charge in [-0.25, -0.2) is 14.4 Å². The summed E-state index contributed by atoms with van der Waals surface area (Å²) in [6.07, 6.45) is -2.24. The second-order valence-electron chi connectivity index (χ2n) is 14.0. The van der Waals surface area contributed by atoms with Crippen LogP contribution in [0.4, 0.5) is 9.59 Å². The number of nitrogens with one attached hydrogen (secondary N) is 2. The molecule has 0 spiro atoms. The first-order valence-corrected chi connectivity index (χ1v) is 19.3. The predicted octanol–water partition coefficient (Wildman–Crippen LogP) is 6.45. The first-order valence-electron chi connectivity index (χ1n) is 19.3. The van der Waals surface area contributed by atoms with Gasteiger partial charge >= 0.3 is 24.1 Å². The molecule has 0 saturated heterocycles. The molecule has 0 bridgehead atoms. The summed E-state index contributed by atoms with van der Waals surface area (Å²) < 4.78 is 33.6. The highest BCUT2D eigenvalue weighted by Gasteiger charge is 2.39. The number of carbonyl (C=O) groups is 5. The van der Waals surface area contributed by atoms with Crippen LogP contribution >= 0.6 is 0 Å². The Bertz CT molecular complexity index is 1650. The van der Waals surface area contributed by atoms with E-state index < -0.39 is 60.4 Å². The molecule has 2 atom stereocenters. The van der Waals surface area contributed by atoms with Gasteiger partial charge in [0.15, 0.2) is 6.29 Å². The number of unbranched alkanes of at least 4 members (excludes halogenated alkanes) is 1. The minimum atomic E-state index is -1.52. The maximum absolute atomic E-state index is 14.7. The van der Waals surface area contributed by atoms with Crippen LogP contribution in [0.3, 0.4) is 0 Å². The van der Waals surface area contributed by atoms with Crippen molar-refractivity contribution >= 4 is 30.0 Å². The van der Waals surface area contributed by atoms with E-state index in [1.165, 1.54) is 4.90 Å². The highest BCUT2D eigenvalue weighted by Crippen LogP contribution is 2.19. The van der Waals surface area contributed by atoms with Crippen molar-refractivity contribution in [2.75, 3.05) is 26.3 Å². The molecule has 3 rings (SSSR count). The summed E-state index contributed by atoms with van der Waals surface area (Å²) in [7, 11) is 0. The third-order valence-electron chi connectivity index (χ3n) is 8.20. The Morgan fingerprint density at radius 3 is 1.68 bits per heavy atom. The van der Waals surface area contributed by atoms with Crippen molar-refractivity contribution in [3.05, 3.63) is 108 Å². The number of hydrogen-bond donors (Lipinski definition) is 2. The van der Waals surface area contributed by atoms with E-state index in [0.29, 0.717) is 12.8 Å². The van der Waals surface area contributed by atoms with Gasteiger partial charge in [0.25, 0.3) is 0 Å². The molecule has 0 aliphatic heterocycles. The van der Waals surface area contributed by atoms with Gasteiger partial charge < -0.3 is 44.0 Å². The number of hydrogen-bond acceptors (Lipinski definition) is 11. The summed E-state index contributed by atoms with van der Waals surface area (Å²) in [5.41, 5.74) is 1.38. The second-order valence-corrected chi connectivity index (χ2v) is 14.0. The van der Waals surface area contributed by atoms with E-state index >= 15 is 0 Å². The number of nitrogens with zero attached hydrogens (tertiary/aromatic N) is 1. The molecule has 0 fully saturated rings. The van der Waals surface area contributed by atoms with E-state index in [1.54, 1.807) is 71.0 Å². The van der Waals surface area contributed by atoms with Crippen LogP contribution in [-0.4, -0.2) is 85.2 Å². The summed E-state index contributed by atoms with van der Waals surface area (Å²) in [6.45, 7) is 8.92. The van der Waals surface area contributed by atoms with Gasteiger partial charge in [-0.2, -0.15) is 0 Å². The SMILES string of the molecule is CCOC(CN(C(=O)[C@H](CC(=O)OCc1ccccc1)NC(=O)OC(C)(C)C)[C@H](CCCCNC(=O)OCc1ccccc1)C(=O)OCc1ccccc1)OCC. The second kappa shape index (κ2) is 24.9. The molecule has 3 aromatic rings. The normalized spacial score (nSPS) is 12.2. The van der Waals surface area contributed by atoms with Crippen LogP contribution in [-0.2, 0) is 62.6 Å². The number of rotatable bonds is 23. The molecule has 0 aliphatic carbocycles. The van der Waals surface area contributed by atoms with E-state index in [1.807, 2.05) is 54.6 Å². The Kier molecular flexibility index (Phi) is 20.1. The Balaban J connectivity index is 1.88. The summed E-state index contributed by atoms with van der Waals surface area (Å²) in [6, 6.07) is 24.6. The van der Waals surface area contributed by atoms with Crippen molar-refractivity contribution in [3.63, 3.8) is 0 Å². The van der Waals surface area contributed by atoms with Crippen molar-refractivity contribution in [2.45, 2.75) is 104 Å². The Morgan fingerprint density at radius 1 is 0.667 bits per heavy atom. The van der Waals surface area contributed by atoms with E-state index in [-0.39, 0.29) is 52.5 Å². The lowest BCUT2D eigenvalue weighted by atomic mass is 10.0. The molecule has 0 aliphatic rings. The van der Waals surface area contributed by atoms with Crippen LogP contribution < -0.4 is 10.6 Å². The number of alkyl carbamates (subject to hydrolysis) is 2. The molecular weight excluding hydrogens is 734 g/mol. The highest BCUT2D eigenvalue weighted by atomic mass is 16.7. The molecule has 0 aromatic heterocycles. The van der Waals surface area contributed by atoms with Crippen molar-refractivity contribution in [1.82, 2.24) is 15.5 Å². The maximum atomic E-state index is 14.7. The zero-order valence-corrected chi connectivity index (χ0v) is 33.6.